The topological polar surface area (TPSA) is 64.2 Å². The van der Waals surface area contributed by atoms with Gasteiger partial charge in [-0.2, -0.15) is 0 Å². The van der Waals surface area contributed by atoms with E-state index in [1.165, 1.54) is 19.3 Å². The second kappa shape index (κ2) is 6.54. The molecule has 2 N–H and O–H groups in total. The van der Waals surface area contributed by atoms with Crippen molar-refractivity contribution < 1.29 is 4.79 Å². The first-order chi connectivity index (χ1) is 8.81. The Morgan fingerprint density at radius 3 is 2.56 bits per heavy atom. The molecule has 100 valence electrons. The summed E-state index contributed by atoms with van der Waals surface area (Å²) in [6.45, 7) is 3.00. The highest BCUT2D eigenvalue weighted by Gasteiger charge is 2.18. The van der Waals surface area contributed by atoms with Gasteiger partial charge in [0.1, 0.15) is 5.69 Å². The summed E-state index contributed by atoms with van der Waals surface area (Å²) in [5.74, 6) is 0.0627. The molecule has 0 radical (unpaired) electrons. The standard InChI is InChI=1S/C13H22N4O/c14-6-9-16-10-12(15-11-16)13(18)17-7-4-2-1-3-5-8-17/h10-11H,1-9,14H2. The summed E-state index contributed by atoms with van der Waals surface area (Å²) in [4.78, 5) is 18.4. The van der Waals surface area contributed by atoms with E-state index in [-0.39, 0.29) is 5.91 Å². The highest BCUT2D eigenvalue weighted by atomic mass is 16.2. The summed E-state index contributed by atoms with van der Waals surface area (Å²) in [5, 5.41) is 0. The van der Waals surface area contributed by atoms with Gasteiger partial charge < -0.3 is 15.2 Å². The molecule has 1 aromatic heterocycles. The smallest absolute Gasteiger partial charge is 0.274 e. The molecule has 1 saturated heterocycles. The van der Waals surface area contributed by atoms with Crippen LogP contribution in [-0.2, 0) is 6.54 Å². The maximum atomic E-state index is 12.3. The summed E-state index contributed by atoms with van der Waals surface area (Å²) in [5.41, 5.74) is 6.03. The third kappa shape index (κ3) is 3.32. The maximum Gasteiger partial charge on any atom is 0.274 e. The molecule has 0 aliphatic carbocycles. The van der Waals surface area contributed by atoms with E-state index in [1.807, 2.05) is 9.47 Å². The zero-order valence-corrected chi connectivity index (χ0v) is 10.8. The molecule has 1 fully saturated rings. The van der Waals surface area contributed by atoms with Crippen LogP contribution in [0.25, 0.3) is 0 Å². The van der Waals surface area contributed by atoms with Gasteiger partial charge in [0.2, 0.25) is 0 Å². The van der Waals surface area contributed by atoms with Crippen LogP contribution in [0.2, 0.25) is 0 Å². The lowest BCUT2D eigenvalue weighted by Gasteiger charge is -2.23. The SMILES string of the molecule is NCCn1cnc(C(=O)N2CCCCCCC2)c1. The summed E-state index contributed by atoms with van der Waals surface area (Å²) in [6.07, 6.45) is 9.45. The fourth-order valence-corrected chi connectivity index (χ4v) is 2.35. The fourth-order valence-electron chi connectivity index (χ4n) is 2.35. The van der Waals surface area contributed by atoms with Crippen molar-refractivity contribution in [1.82, 2.24) is 14.5 Å². The van der Waals surface area contributed by atoms with Gasteiger partial charge in [0.15, 0.2) is 0 Å². The molecular formula is C13H22N4O. The van der Waals surface area contributed by atoms with E-state index in [4.69, 9.17) is 5.73 Å². The van der Waals surface area contributed by atoms with Crippen molar-refractivity contribution in [2.75, 3.05) is 19.6 Å². The number of carbonyl (C=O) groups is 1. The van der Waals surface area contributed by atoms with Crippen LogP contribution in [0.1, 0.15) is 42.6 Å². The number of imidazole rings is 1. The van der Waals surface area contributed by atoms with E-state index in [1.54, 1.807) is 12.5 Å². The quantitative estimate of drug-likeness (QED) is 0.878. The van der Waals surface area contributed by atoms with Gasteiger partial charge in [-0.05, 0) is 12.8 Å². The first-order valence-electron chi connectivity index (χ1n) is 6.82. The van der Waals surface area contributed by atoms with Crippen LogP contribution in [0.4, 0.5) is 0 Å². The number of likely N-dealkylation sites (tertiary alicyclic amines) is 1. The number of hydrogen-bond donors (Lipinski definition) is 1. The van der Waals surface area contributed by atoms with Crippen molar-refractivity contribution in [2.24, 2.45) is 5.73 Å². The van der Waals surface area contributed by atoms with Crippen LogP contribution >= 0.6 is 0 Å². The first-order valence-corrected chi connectivity index (χ1v) is 6.82. The van der Waals surface area contributed by atoms with Crippen LogP contribution in [0, 0.1) is 0 Å². The highest BCUT2D eigenvalue weighted by Crippen LogP contribution is 2.12. The Hall–Kier alpha value is -1.36. The minimum atomic E-state index is 0.0627. The molecule has 0 spiro atoms. The van der Waals surface area contributed by atoms with E-state index >= 15 is 0 Å². The molecule has 0 bridgehead atoms. The molecule has 0 aromatic carbocycles. The zero-order valence-electron chi connectivity index (χ0n) is 10.8. The number of carbonyl (C=O) groups excluding carboxylic acids is 1. The highest BCUT2D eigenvalue weighted by molar-refractivity contribution is 5.92. The summed E-state index contributed by atoms with van der Waals surface area (Å²) < 4.78 is 1.87. The normalized spacial score (nSPS) is 17.3. The molecule has 5 heteroatoms. The van der Waals surface area contributed by atoms with Crippen LogP contribution in [0.5, 0.6) is 0 Å². The van der Waals surface area contributed by atoms with Crippen molar-refractivity contribution in [3.8, 4) is 0 Å². The third-order valence-electron chi connectivity index (χ3n) is 3.38. The molecule has 5 nitrogen and oxygen atoms in total. The maximum absolute atomic E-state index is 12.3. The van der Waals surface area contributed by atoms with Gasteiger partial charge >= 0.3 is 0 Å². The second-order valence-corrected chi connectivity index (χ2v) is 4.85. The largest absolute Gasteiger partial charge is 0.337 e. The van der Waals surface area contributed by atoms with E-state index in [0.29, 0.717) is 18.8 Å². The van der Waals surface area contributed by atoms with E-state index in [2.05, 4.69) is 4.98 Å². The Kier molecular flexibility index (Phi) is 4.75. The average molecular weight is 250 g/mol. The molecule has 1 amide bonds. The molecule has 2 heterocycles. The monoisotopic (exact) mass is 250 g/mol. The summed E-state index contributed by atoms with van der Waals surface area (Å²) in [7, 11) is 0. The lowest BCUT2D eigenvalue weighted by molar-refractivity contribution is 0.0737. The van der Waals surface area contributed by atoms with Crippen molar-refractivity contribution in [3.63, 3.8) is 0 Å². The predicted octanol–water partition coefficient (Wildman–Crippen LogP) is 1.25. The first kappa shape index (κ1) is 13.1. The summed E-state index contributed by atoms with van der Waals surface area (Å²) >= 11 is 0. The Bertz CT molecular complexity index is 380. The molecule has 0 saturated carbocycles. The minimum absolute atomic E-state index is 0.0627. The lowest BCUT2D eigenvalue weighted by atomic mass is 10.1. The predicted molar refractivity (Wildman–Crippen MR) is 70.3 cm³/mol. The second-order valence-electron chi connectivity index (χ2n) is 4.85. The molecule has 0 unspecified atom stereocenters. The Morgan fingerprint density at radius 2 is 1.89 bits per heavy atom. The van der Waals surface area contributed by atoms with Crippen LogP contribution in [-0.4, -0.2) is 40.0 Å². The van der Waals surface area contributed by atoms with Gasteiger partial charge in [-0.3, -0.25) is 4.79 Å². The number of nitrogens with two attached hydrogens (primary N) is 1. The van der Waals surface area contributed by atoms with Gasteiger partial charge in [0, 0.05) is 32.4 Å². The molecular weight excluding hydrogens is 228 g/mol. The van der Waals surface area contributed by atoms with Crippen molar-refractivity contribution in [3.05, 3.63) is 18.2 Å². The number of hydrogen-bond acceptors (Lipinski definition) is 3. The zero-order chi connectivity index (χ0) is 12.8. The van der Waals surface area contributed by atoms with Crippen LogP contribution < -0.4 is 5.73 Å². The number of nitrogens with zero attached hydrogens (tertiary/aromatic N) is 3. The van der Waals surface area contributed by atoms with Crippen molar-refractivity contribution in [1.29, 1.82) is 0 Å². The number of aromatic nitrogens is 2. The van der Waals surface area contributed by atoms with E-state index in [0.717, 1.165) is 25.9 Å². The van der Waals surface area contributed by atoms with Gasteiger partial charge in [0.05, 0.1) is 6.33 Å². The van der Waals surface area contributed by atoms with E-state index in [9.17, 15) is 4.79 Å². The van der Waals surface area contributed by atoms with E-state index < -0.39 is 0 Å². The van der Waals surface area contributed by atoms with Gasteiger partial charge in [-0.25, -0.2) is 4.98 Å². The van der Waals surface area contributed by atoms with Gasteiger partial charge in [0.25, 0.3) is 5.91 Å². The molecule has 0 atom stereocenters. The molecule has 1 aliphatic heterocycles. The van der Waals surface area contributed by atoms with Gasteiger partial charge in [-0.15, -0.1) is 0 Å². The molecule has 18 heavy (non-hydrogen) atoms. The number of amides is 1. The van der Waals surface area contributed by atoms with Crippen molar-refractivity contribution in [2.45, 2.75) is 38.6 Å². The van der Waals surface area contributed by atoms with Crippen LogP contribution in [0.3, 0.4) is 0 Å². The number of rotatable bonds is 3. The lowest BCUT2D eigenvalue weighted by Crippen LogP contribution is -2.34. The third-order valence-corrected chi connectivity index (χ3v) is 3.38. The molecule has 1 aliphatic rings. The summed E-state index contributed by atoms with van der Waals surface area (Å²) in [6, 6.07) is 0. The average Bonchev–Trinajstić information content (AvgIpc) is 2.77. The Morgan fingerprint density at radius 1 is 1.22 bits per heavy atom. The Labute approximate surface area is 108 Å². The minimum Gasteiger partial charge on any atom is -0.337 e. The van der Waals surface area contributed by atoms with Gasteiger partial charge in [-0.1, -0.05) is 19.3 Å². The van der Waals surface area contributed by atoms with Crippen molar-refractivity contribution >= 4 is 5.91 Å². The Balaban J connectivity index is 1.99. The molecule has 2 rings (SSSR count). The fraction of sp³-hybridized carbons (Fsp3) is 0.692. The van der Waals surface area contributed by atoms with Crippen LogP contribution in [0.15, 0.2) is 12.5 Å². The molecule has 1 aromatic rings.